The van der Waals surface area contributed by atoms with Gasteiger partial charge in [-0.3, -0.25) is 19.3 Å². The molecule has 7 nitrogen and oxygen atoms in total. The van der Waals surface area contributed by atoms with E-state index in [1.165, 1.54) is 16.7 Å². The molecule has 0 N–H and O–H groups in total. The van der Waals surface area contributed by atoms with Crippen LogP contribution in [0.5, 0.6) is 5.75 Å². The van der Waals surface area contributed by atoms with Crippen molar-refractivity contribution < 1.29 is 14.3 Å². The molecule has 0 unspecified atom stereocenters. The van der Waals surface area contributed by atoms with Crippen LogP contribution in [0.15, 0.2) is 52.2 Å². The lowest BCUT2D eigenvalue weighted by Gasteiger charge is -2.42. The number of methoxy groups -OCH3 is 1. The maximum atomic E-state index is 13.1. The van der Waals surface area contributed by atoms with Gasteiger partial charge in [0.25, 0.3) is 11.5 Å². The number of rotatable bonds is 5. The lowest BCUT2D eigenvalue weighted by molar-refractivity contribution is -0.134. The van der Waals surface area contributed by atoms with E-state index in [0.29, 0.717) is 34.6 Å². The molecule has 3 aliphatic rings. The topological polar surface area (TPSA) is 71.8 Å². The standard InChI is InChI=1S/C25H25N3O4S2/c1-32-20-7-3-2-5-17(20)12-21-24(31)27(25(33)34-21)10-9-22(29)26-13-16-11-18(15-26)19-6-4-8-23(30)28(19)14-16/h2-8,12,16,18H,9-11,13-15H2,1H3/b21-12+/t16-,18-/m1/s1. The summed E-state index contributed by atoms with van der Waals surface area (Å²) in [7, 11) is 1.59. The van der Waals surface area contributed by atoms with Gasteiger partial charge in [0.05, 0.1) is 12.0 Å². The van der Waals surface area contributed by atoms with Gasteiger partial charge in [0.1, 0.15) is 10.1 Å². The van der Waals surface area contributed by atoms with E-state index < -0.39 is 0 Å². The summed E-state index contributed by atoms with van der Waals surface area (Å²) < 4.78 is 7.69. The highest BCUT2D eigenvalue weighted by atomic mass is 32.2. The number of thiocarbonyl (C=S) groups is 1. The van der Waals surface area contributed by atoms with Gasteiger partial charge >= 0.3 is 0 Å². The van der Waals surface area contributed by atoms with E-state index in [0.717, 1.165) is 17.7 Å². The minimum atomic E-state index is -0.183. The fraction of sp³-hybridized carbons (Fsp3) is 0.360. The molecule has 0 radical (unpaired) electrons. The summed E-state index contributed by atoms with van der Waals surface area (Å²) in [5, 5.41) is 0. The van der Waals surface area contributed by atoms with E-state index in [-0.39, 0.29) is 42.2 Å². The van der Waals surface area contributed by atoms with Crippen molar-refractivity contribution in [2.75, 3.05) is 26.7 Å². The van der Waals surface area contributed by atoms with Crippen molar-refractivity contribution in [3.05, 3.63) is 69.0 Å². The van der Waals surface area contributed by atoms with Crippen LogP contribution in [0, 0.1) is 5.92 Å². The number of piperidine rings is 1. The Morgan fingerprint density at radius 3 is 2.79 bits per heavy atom. The van der Waals surface area contributed by atoms with Gasteiger partial charge in [-0.2, -0.15) is 0 Å². The third-order valence-electron chi connectivity index (χ3n) is 6.68. The lowest BCUT2D eigenvalue weighted by atomic mass is 9.83. The van der Waals surface area contributed by atoms with Gasteiger partial charge in [-0.1, -0.05) is 48.2 Å². The number of carbonyl (C=O) groups is 2. The number of thioether (sulfide) groups is 1. The maximum Gasteiger partial charge on any atom is 0.266 e. The van der Waals surface area contributed by atoms with Gasteiger partial charge in [-0.15, -0.1) is 0 Å². The van der Waals surface area contributed by atoms with Crippen LogP contribution in [0.3, 0.4) is 0 Å². The number of fused-ring (bicyclic) bond motifs is 4. The Labute approximate surface area is 207 Å². The van der Waals surface area contributed by atoms with Crippen molar-refractivity contribution >= 4 is 46.2 Å². The highest BCUT2D eigenvalue weighted by Crippen LogP contribution is 2.36. The zero-order valence-corrected chi connectivity index (χ0v) is 20.4. The predicted octanol–water partition coefficient (Wildman–Crippen LogP) is 3.09. The van der Waals surface area contributed by atoms with Crippen molar-refractivity contribution in [2.45, 2.75) is 25.3 Å². The largest absolute Gasteiger partial charge is 0.496 e. The summed E-state index contributed by atoms with van der Waals surface area (Å²) in [6, 6.07) is 12.9. The molecule has 2 saturated heterocycles. The Kier molecular flexibility index (Phi) is 6.31. The second-order valence-electron chi connectivity index (χ2n) is 8.82. The number of nitrogens with zero attached hydrogens (tertiary/aromatic N) is 3. The number of ether oxygens (including phenoxy) is 1. The molecular formula is C25H25N3O4S2. The predicted molar refractivity (Wildman–Crippen MR) is 136 cm³/mol. The zero-order chi connectivity index (χ0) is 23.8. The van der Waals surface area contributed by atoms with Crippen LogP contribution in [0.25, 0.3) is 6.08 Å². The van der Waals surface area contributed by atoms with Crippen molar-refractivity contribution in [3.63, 3.8) is 0 Å². The summed E-state index contributed by atoms with van der Waals surface area (Å²) in [5.41, 5.74) is 1.85. The molecule has 2 aromatic rings. The Hall–Kier alpha value is -2.91. The molecule has 0 spiro atoms. The molecule has 2 bridgehead atoms. The van der Waals surface area contributed by atoms with Crippen LogP contribution in [0.4, 0.5) is 0 Å². The van der Waals surface area contributed by atoms with Gasteiger partial charge in [-0.25, -0.2) is 0 Å². The second kappa shape index (κ2) is 9.38. The van der Waals surface area contributed by atoms with Crippen molar-refractivity contribution in [2.24, 2.45) is 5.92 Å². The second-order valence-corrected chi connectivity index (χ2v) is 10.5. The van der Waals surface area contributed by atoms with Gasteiger partial charge < -0.3 is 14.2 Å². The van der Waals surface area contributed by atoms with Crippen LogP contribution in [-0.2, 0) is 16.1 Å². The van der Waals surface area contributed by atoms with E-state index >= 15 is 0 Å². The normalized spacial score (nSPS) is 22.8. The Bertz CT molecular complexity index is 1250. The summed E-state index contributed by atoms with van der Waals surface area (Å²) >= 11 is 6.69. The number of carbonyl (C=O) groups excluding carboxylic acids is 2. The number of benzene rings is 1. The minimum absolute atomic E-state index is 0.0178. The average Bonchev–Trinajstić information content (AvgIpc) is 3.10. The fourth-order valence-corrected chi connectivity index (χ4v) is 6.38. The Balaban J connectivity index is 1.24. The molecule has 9 heteroatoms. The highest BCUT2D eigenvalue weighted by Gasteiger charge is 2.37. The molecule has 34 heavy (non-hydrogen) atoms. The quantitative estimate of drug-likeness (QED) is 0.469. The molecule has 0 saturated carbocycles. The molecule has 4 heterocycles. The Morgan fingerprint density at radius 1 is 1.15 bits per heavy atom. The molecular weight excluding hydrogens is 470 g/mol. The molecule has 2 fully saturated rings. The molecule has 1 aromatic carbocycles. The van der Waals surface area contributed by atoms with Crippen LogP contribution >= 0.6 is 24.0 Å². The molecule has 3 aliphatic heterocycles. The molecule has 5 rings (SSSR count). The highest BCUT2D eigenvalue weighted by molar-refractivity contribution is 8.26. The average molecular weight is 496 g/mol. The van der Waals surface area contributed by atoms with Gasteiger partial charge in [0.15, 0.2) is 0 Å². The number of aromatic nitrogens is 1. The first kappa shape index (κ1) is 22.9. The maximum absolute atomic E-state index is 13.1. The zero-order valence-electron chi connectivity index (χ0n) is 18.8. The van der Waals surface area contributed by atoms with Gasteiger partial charge in [0.2, 0.25) is 5.91 Å². The number of amides is 2. The van der Waals surface area contributed by atoms with Crippen LogP contribution < -0.4 is 10.3 Å². The van der Waals surface area contributed by atoms with Gasteiger partial charge in [0, 0.05) is 55.8 Å². The molecule has 1 aromatic heterocycles. The van der Waals surface area contributed by atoms with Crippen LogP contribution in [0.1, 0.15) is 30.0 Å². The molecule has 176 valence electrons. The number of hydrogen-bond acceptors (Lipinski definition) is 6. The molecule has 2 amide bonds. The number of likely N-dealkylation sites (tertiary alicyclic amines) is 1. The first-order valence-electron chi connectivity index (χ1n) is 11.3. The van der Waals surface area contributed by atoms with Crippen molar-refractivity contribution in [3.8, 4) is 5.75 Å². The van der Waals surface area contributed by atoms with Crippen LogP contribution in [0.2, 0.25) is 0 Å². The fourth-order valence-electron chi connectivity index (χ4n) is 5.09. The summed E-state index contributed by atoms with van der Waals surface area (Å²) in [6.45, 7) is 2.15. The van der Waals surface area contributed by atoms with Crippen LogP contribution in [-0.4, -0.2) is 57.2 Å². The minimum Gasteiger partial charge on any atom is -0.496 e. The van der Waals surface area contributed by atoms with E-state index in [1.54, 1.807) is 25.3 Å². The number of pyridine rings is 1. The summed E-state index contributed by atoms with van der Waals surface area (Å²) in [6.07, 6.45) is 3.00. The molecule has 2 atom stereocenters. The lowest BCUT2D eigenvalue weighted by Crippen LogP contribution is -2.49. The van der Waals surface area contributed by atoms with E-state index in [2.05, 4.69) is 0 Å². The van der Waals surface area contributed by atoms with Gasteiger partial charge in [-0.05, 0) is 30.5 Å². The van der Waals surface area contributed by atoms with Crippen molar-refractivity contribution in [1.29, 1.82) is 0 Å². The molecule has 0 aliphatic carbocycles. The summed E-state index contributed by atoms with van der Waals surface area (Å²) in [4.78, 5) is 42.2. The summed E-state index contributed by atoms with van der Waals surface area (Å²) in [5.74, 6) is 0.964. The number of para-hydroxylation sites is 1. The van der Waals surface area contributed by atoms with E-state index in [9.17, 15) is 14.4 Å². The Morgan fingerprint density at radius 2 is 1.97 bits per heavy atom. The third kappa shape index (κ3) is 4.30. The van der Waals surface area contributed by atoms with Crippen molar-refractivity contribution in [1.82, 2.24) is 14.4 Å². The monoisotopic (exact) mass is 495 g/mol. The van der Waals surface area contributed by atoms with E-state index in [4.69, 9.17) is 17.0 Å². The first-order chi connectivity index (χ1) is 16.4. The third-order valence-corrected chi connectivity index (χ3v) is 8.06. The smallest absolute Gasteiger partial charge is 0.266 e. The van der Waals surface area contributed by atoms with E-state index in [1.807, 2.05) is 39.8 Å². The number of hydrogen-bond donors (Lipinski definition) is 0. The first-order valence-corrected chi connectivity index (χ1v) is 12.5. The SMILES string of the molecule is COc1ccccc1/C=C1/SC(=S)N(CCC(=O)N2C[C@H]3C[C@H](C2)c2cccc(=O)n2C3)C1=O.